The van der Waals surface area contributed by atoms with Gasteiger partial charge >= 0.3 is 11.9 Å². The van der Waals surface area contributed by atoms with Gasteiger partial charge in [-0.15, -0.1) is 0 Å². The van der Waals surface area contributed by atoms with Gasteiger partial charge in [-0.3, -0.25) is 9.59 Å². The highest BCUT2D eigenvalue weighted by Crippen LogP contribution is 2.14. The minimum absolute atomic E-state index is 0.0615. The summed E-state index contributed by atoms with van der Waals surface area (Å²) >= 11 is 0. The zero-order chi connectivity index (χ0) is 18.3. The van der Waals surface area contributed by atoms with E-state index in [0.717, 1.165) is 12.2 Å². The largest absolute Gasteiger partial charge is 0.478 e. The minimum Gasteiger partial charge on any atom is -0.478 e. The maximum absolute atomic E-state index is 11.1. The lowest BCUT2D eigenvalue weighted by Crippen LogP contribution is -2.13. The van der Waals surface area contributed by atoms with E-state index in [9.17, 15) is 19.2 Å². The van der Waals surface area contributed by atoms with E-state index in [4.69, 9.17) is 21.7 Å². The van der Waals surface area contributed by atoms with Crippen molar-refractivity contribution in [1.82, 2.24) is 0 Å². The third-order valence-corrected chi connectivity index (χ3v) is 2.96. The average Bonchev–Trinajstić information content (AvgIpc) is 2.45. The molecule has 0 spiro atoms. The fourth-order valence-electron chi connectivity index (χ4n) is 2.01. The molecule has 8 nitrogen and oxygen atoms in total. The molecular formula is C16H16N2O6. The molecule has 6 N–H and O–H groups in total. The van der Waals surface area contributed by atoms with Crippen LogP contribution >= 0.6 is 0 Å². The van der Waals surface area contributed by atoms with Gasteiger partial charge in [0.2, 0.25) is 11.8 Å². The van der Waals surface area contributed by atoms with Crippen LogP contribution in [0.15, 0.2) is 47.6 Å². The average molecular weight is 332 g/mol. The van der Waals surface area contributed by atoms with Gasteiger partial charge in [0.05, 0.1) is 0 Å². The molecule has 24 heavy (non-hydrogen) atoms. The normalized spacial score (nSPS) is 11.8. The molecule has 0 bridgehead atoms. The third-order valence-electron chi connectivity index (χ3n) is 2.96. The Morgan fingerprint density at radius 2 is 1.21 bits per heavy atom. The minimum atomic E-state index is -1.28. The molecule has 126 valence electrons. The molecule has 1 aromatic rings. The van der Waals surface area contributed by atoms with E-state index in [0.29, 0.717) is 11.1 Å². The van der Waals surface area contributed by atoms with Crippen molar-refractivity contribution in [3.63, 3.8) is 0 Å². The Labute approximate surface area is 137 Å². The molecule has 0 unspecified atom stereocenters. The molecule has 0 aliphatic rings. The smallest absolute Gasteiger partial charge is 0.332 e. The van der Waals surface area contributed by atoms with Crippen LogP contribution in [0.4, 0.5) is 0 Å². The van der Waals surface area contributed by atoms with Gasteiger partial charge in [0.1, 0.15) is 0 Å². The Morgan fingerprint density at radius 1 is 0.833 bits per heavy atom. The monoisotopic (exact) mass is 332 g/mol. The van der Waals surface area contributed by atoms with E-state index < -0.39 is 23.8 Å². The Morgan fingerprint density at radius 3 is 1.50 bits per heavy atom. The summed E-state index contributed by atoms with van der Waals surface area (Å²) in [4.78, 5) is 43.9. The standard InChI is InChI=1S/C16H16N2O6/c17-13(19)7-11(15(21)22)5-9-2-1-3-10(4-9)6-12(16(23)24)8-14(18)20/h1-4,7-8H,5-6H2,(H2,17,19)(H2,18,20)(H,21,22)(H,23,24). The number of carboxylic acid groups (broad SMARTS) is 2. The van der Waals surface area contributed by atoms with Gasteiger partial charge in [-0.2, -0.15) is 0 Å². The van der Waals surface area contributed by atoms with Crippen LogP contribution in [0.25, 0.3) is 0 Å². The van der Waals surface area contributed by atoms with Crippen molar-refractivity contribution in [2.75, 3.05) is 0 Å². The summed E-state index contributed by atoms with van der Waals surface area (Å²) in [5.41, 5.74) is 10.6. The van der Waals surface area contributed by atoms with Gasteiger partial charge in [0.25, 0.3) is 0 Å². The van der Waals surface area contributed by atoms with Gasteiger partial charge in [-0.25, -0.2) is 9.59 Å². The third kappa shape index (κ3) is 6.14. The first-order chi connectivity index (χ1) is 11.2. The number of carbonyl (C=O) groups is 4. The van der Waals surface area contributed by atoms with Crippen LogP contribution in [0, 0.1) is 0 Å². The number of rotatable bonds is 8. The molecule has 0 aromatic heterocycles. The number of primary amides is 2. The summed E-state index contributed by atoms with van der Waals surface area (Å²) in [5.74, 6) is -4.31. The maximum Gasteiger partial charge on any atom is 0.332 e. The Hall–Kier alpha value is -3.42. The lowest BCUT2D eigenvalue weighted by atomic mass is 9.98. The molecule has 0 radical (unpaired) electrons. The van der Waals surface area contributed by atoms with Gasteiger partial charge in [0.15, 0.2) is 0 Å². The molecule has 1 aromatic carbocycles. The first-order valence-electron chi connectivity index (χ1n) is 6.73. The molecule has 0 aliphatic carbocycles. The first-order valence-corrected chi connectivity index (χ1v) is 6.73. The molecule has 0 heterocycles. The molecule has 2 amide bonds. The van der Waals surface area contributed by atoms with Crippen molar-refractivity contribution in [1.29, 1.82) is 0 Å². The van der Waals surface area contributed by atoms with Crippen LogP contribution < -0.4 is 11.5 Å². The van der Waals surface area contributed by atoms with E-state index in [1.807, 2.05) is 0 Å². The van der Waals surface area contributed by atoms with Gasteiger partial charge in [-0.05, 0) is 11.1 Å². The SMILES string of the molecule is NC(=O)C=C(Cc1cccc(CC(=CC(N)=O)C(=O)O)c1)C(=O)O. The van der Waals surface area contributed by atoms with Crippen molar-refractivity contribution in [2.45, 2.75) is 12.8 Å². The summed E-state index contributed by atoms with van der Waals surface area (Å²) in [7, 11) is 0. The number of nitrogens with two attached hydrogens (primary N) is 2. The zero-order valence-corrected chi connectivity index (χ0v) is 12.6. The fraction of sp³-hybridized carbons (Fsp3) is 0.125. The second kappa shape index (κ2) is 8.28. The highest BCUT2D eigenvalue weighted by molar-refractivity contribution is 5.97. The maximum atomic E-state index is 11.1. The van der Waals surface area contributed by atoms with Crippen molar-refractivity contribution in [3.05, 3.63) is 58.7 Å². The molecule has 0 saturated carbocycles. The predicted octanol–water partition coefficient (Wildman–Crippen LogP) is -0.236. The van der Waals surface area contributed by atoms with Crippen molar-refractivity contribution in [3.8, 4) is 0 Å². The Balaban J connectivity index is 3.06. The number of carboxylic acids is 2. The number of benzene rings is 1. The van der Waals surface area contributed by atoms with Crippen molar-refractivity contribution in [2.24, 2.45) is 11.5 Å². The van der Waals surface area contributed by atoms with E-state index in [1.54, 1.807) is 24.3 Å². The number of carbonyl (C=O) groups excluding carboxylic acids is 2. The quantitative estimate of drug-likeness (QED) is 0.480. The van der Waals surface area contributed by atoms with Crippen molar-refractivity contribution < 1.29 is 29.4 Å². The molecule has 1 rings (SSSR count). The first kappa shape index (κ1) is 18.6. The van der Waals surface area contributed by atoms with E-state index in [2.05, 4.69) is 0 Å². The summed E-state index contributed by atoms with van der Waals surface area (Å²) in [5, 5.41) is 18.1. The van der Waals surface area contributed by atoms with E-state index >= 15 is 0 Å². The second-order valence-electron chi connectivity index (χ2n) is 4.93. The zero-order valence-electron chi connectivity index (χ0n) is 12.6. The highest BCUT2D eigenvalue weighted by Gasteiger charge is 2.13. The van der Waals surface area contributed by atoms with Crippen LogP contribution in [0.1, 0.15) is 11.1 Å². The molecular weight excluding hydrogens is 316 g/mol. The summed E-state index contributed by atoms with van der Waals surface area (Å²) in [6, 6.07) is 6.44. The molecule has 0 aliphatic heterocycles. The van der Waals surface area contributed by atoms with Crippen LogP contribution in [-0.4, -0.2) is 34.0 Å². The topological polar surface area (TPSA) is 161 Å². The van der Waals surface area contributed by atoms with E-state index in [-0.39, 0.29) is 24.0 Å². The van der Waals surface area contributed by atoms with Crippen LogP contribution in [-0.2, 0) is 32.0 Å². The Kier molecular flexibility index (Phi) is 6.42. The second-order valence-corrected chi connectivity index (χ2v) is 4.93. The number of hydrogen-bond donors (Lipinski definition) is 4. The summed E-state index contributed by atoms with van der Waals surface area (Å²) in [6.07, 6.45) is 1.53. The van der Waals surface area contributed by atoms with Crippen LogP contribution in [0.5, 0.6) is 0 Å². The molecule has 0 saturated heterocycles. The van der Waals surface area contributed by atoms with Gasteiger partial charge < -0.3 is 21.7 Å². The predicted molar refractivity (Wildman–Crippen MR) is 83.7 cm³/mol. The number of hydrogen-bond acceptors (Lipinski definition) is 4. The van der Waals surface area contributed by atoms with Crippen molar-refractivity contribution >= 4 is 23.8 Å². The highest BCUT2D eigenvalue weighted by atomic mass is 16.4. The number of aliphatic carboxylic acids is 2. The summed E-state index contributed by atoms with van der Waals surface area (Å²) in [6.45, 7) is 0. The lowest BCUT2D eigenvalue weighted by Gasteiger charge is -2.07. The van der Waals surface area contributed by atoms with Crippen LogP contribution in [0.3, 0.4) is 0 Å². The van der Waals surface area contributed by atoms with Crippen LogP contribution in [0.2, 0.25) is 0 Å². The fourth-order valence-corrected chi connectivity index (χ4v) is 2.01. The lowest BCUT2D eigenvalue weighted by molar-refractivity contribution is -0.133. The molecule has 0 atom stereocenters. The number of amides is 2. The summed E-state index contributed by atoms with van der Waals surface area (Å²) < 4.78 is 0. The molecule has 8 heteroatoms. The van der Waals surface area contributed by atoms with Gasteiger partial charge in [-0.1, -0.05) is 24.3 Å². The van der Waals surface area contributed by atoms with Gasteiger partial charge in [0, 0.05) is 36.1 Å². The molecule has 0 fully saturated rings. The Bertz CT molecular complexity index is 689. The van der Waals surface area contributed by atoms with E-state index in [1.165, 1.54) is 0 Å².